The molecule has 6 nitrogen and oxygen atoms in total. The molecule has 156 valence electrons. The molecule has 3 rings (SSSR count). The minimum atomic E-state index is -0.549. The molecule has 0 bridgehead atoms. The molecule has 1 N–H and O–H groups in total. The van der Waals surface area contributed by atoms with E-state index in [0.29, 0.717) is 33.8 Å². The van der Waals surface area contributed by atoms with Crippen molar-refractivity contribution in [2.45, 2.75) is 20.8 Å². The van der Waals surface area contributed by atoms with Crippen LogP contribution in [0.15, 0.2) is 40.4 Å². The highest BCUT2D eigenvalue weighted by molar-refractivity contribution is 9.10. The van der Waals surface area contributed by atoms with E-state index in [9.17, 15) is 9.59 Å². The molecule has 1 heterocycles. The van der Waals surface area contributed by atoms with Crippen LogP contribution in [0.4, 0.5) is 5.69 Å². The van der Waals surface area contributed by atoms with E-state index in [4.69, 9.17) is 21.7 Å². The summed E-state index contributed by atoms with van der Waals surface area (Å²) in [4.78, 5) is 27.2. The average molecular weight is 489 g/mol. The Balaban J connectivity index is 2.08. The lowest BCUT2D eigenvalue weighted by Gasteiger charge is -2.30. The van der Waals surface area contributed by atoms with Crippen LogP contribution in [-0.2, 0) is 9.59 Å². The fourth-order valence-corrected chi connectivity index (χ4v) is 3.89. The van der Waals surface area contributed by atoms with Gasteiger partial charge in [0.25, 0.3) is 11.8 Å². The molecule has 2 aromatic carbocycles. The van der Waals surface area contributed by atoms with Crippen molar-refractivity contribution in [3.8, 4) is 11.5 Å². The quantitative estimate of drug-likeness (QED) is 0.385. The third-order valence-corrected chi connectivity index (χ3v) is 5.55. The van der Waals surface area contributed by atoms with Crippen LogP contribution in [0.1, 0.15) is 23.6 Å². The fraction of sp³-hybridized carbons (Fsp3) is 0.227. The Morgan fingerprint density at radius 3 is 2.53 bits per heavy atom. The maximum Gasteiger partial charge on any atom is 0.270 e. The Kier molecular flexibility index (Phi) is 6.58. The van der Waals surface area contributed by atoms with Gasteiger partial charge in [-0.3, -0.25) is 19.8 Å². The first-order chi connectivity index (χ1) is 14.3. The molecular weight excluding hydrogens is 468 g/mol. The summed E-state index contributed by atoms with van der Waals surface area (Å²) in [6.45, 7) is 6.17. The largest absolute Gasteiger partial charge is 0.493 e. The topological polar surface area (TPSA) is 67.9 Å². The van der Waals surface area contributed by atoms with Crippen molar-refractivity contribution < 1.29 is 19.1 Å². The van der Waals surface area contributed by atoms with Gasteiger partial charge in [0.2, 0.25) is 0 Å². The summed E-state index contributed by atoms with van der Waals surface area (Å²) in [6, 6.07) is 9.12. The number of anilines is 1. The van der Waals surface area contributed by atoms with Crippen LogP contribution < -0.4 is 19.7 Å². The second kappa shape index (κ2) is 8.97. The summed E-state index contributed by atoms with van der Waals surface area (Å²) in [7, 11) is 1.54. The van der Waals surface area contributed by atoms with E-state index in [1.807, 2.05) is 39.0 Å². The maximum atomic E-state index is 13.3. The van der Waals surface area contributed by atoms with Crippen LogP contribution in [0.25, 0.3) is 6.08 Å². The van der Waals surface area contributed by atoms with E-state index in [2.05, 4.69) is 21.2 Å². The lowest BCUT2D eigenvalue weighted by molar-refractivity contribution is -0.122. The van der Waals surface area contributed by atoms with Crippen molar-refractivity contribution in [2.75, 3.05) is 18.6 Å². The molecule has 0 aromatic heterocycles. The highest BCUT2D eigenvalue weighted by Crippen LogP contribution is 2.35. The Bertz CT molecular complexity index is 1080. The van der Waals surface area contributed by atoms with Gasteiger partial charge in [-0.2, -0.15) is 0 Å². The summed E-state index contributed by atoms with van der Waals surface area (Å²) < 4.78 is 11.6. The molecule has 2 amide bonds. The number of ether oxygens (including phenoxy) is 2. The third-order valence-electron chi connectivity index (χ3n) is 4.58. The van der Waals surface area contributed by atoms with Gasteiger partial charge in [-0.25, -0.2) is 0 Å². The highest BCUT2D eigenvalue weighted by Gasteiger charge is 2.35. The van der Waals surface area contributed by atoms with Crippen LogP contribution in [0.2, 0.25) is 0 Å². The Morgan fingerprint density at radius 1 is 1.17 bits per heavy atom. The summed E-state index contributed by atoms with van der Waals surface area (Å²) in [5.41, 5.74) is 3.15. The van der Waals surface area contributed by atoms with Gasteiger partial charge in [0.15, 0.2) is 16.6 Å². The second-order valence-corrected chi connectivity index (χ2v) is 7.95. The number of halogens is 1. The van der Waals surface area contributed by atoms with Gasteiger partial charge in [0.1, 0.15) is 5.57 Å². The lowest BCUT2D eigenvalue weighted by Crippen LogP contribution is -2.54. The van der Waals surface area contributed by atoms with E-state index in [1.165, 1.54) is 11.0 Å². The molecule has 0 aliphatic carbocycles. The molecule has 0 saturated carbocycles. The van der Waals surface area contributed by atoms with Crippen LogP contribution in [0.3, 0.4) is 0 Å². The standard InChI is InChI=1S/C22H21BrN2O4S/c1-5-29-19-10-14(16(23)11-18(19)28-4)9-15-20(26)24-22(30)25(21(15)27)17-7-6-12(2)8-13(17)3/h6-11H,5H2,1-4H3,(H,24,26,30)/b15-9+. The van der Waals surface area contributed by atoms with Crippen LogP contribution in [0.5, 0.6) is 11.5 Å². The predicted octanol–water partition coefficient (Wildman–Crippen LogP) is 4.30. The van der Waals surface area contributed by atoms with Gasteiger partial charge in [0.05, 0.1) is 19.4 Å². The zero-order valence-corrected chi connectivity index (χ0v) is 19.4. The molecule has 8 heteroatoms. The zero-order valence-electron chi connectivity index (χ0n) is 17.0. The van der Waals surface area contributed by atoms with Gasteiger partial charge >= 0.3 is 0 Å². The summed E-state index contributed by atoms with van der Waals surface area (Å²) in [6.07, 6.45) is 1.52. The maximum absolute atomic E-state index is 13.3. The molecule has 30 heavy (non-hydrogen) atoms. The number of hydrogen-bond acceptors (Lipinski definition) is 5. The fourth-order valence-electron chi connectivity index (χ4n) is 3.18. The van der Waals surface area contributed by atoms with Crippen LogP contribution in [0, 0.1) is 13.8 Å². The molecule has 0 atom stereocenters. The first kappa shape index (κ1) is 22.0. The average Bonchev–Trinajstić information content (AvgIpc) is 2.68. The molecule has 1 fully saturated rings. The van der Waals surface area contributed by atoms with Crippen molar-refractivity contribution >= 4 is 56.8 Å². The van der Waals surface area contributed by atoms with E-state index < -0.39 is 11.8 Å². The van der Waals surface area contributed by atoms with E-state index >= 15 is 0 Å². The number of hydrogen-bond donors (Lipinski definition) is 1. The SMILES string of the molecule is CCOc1cc(/C=C2\C(=O)NC(=S)N(c3ccc(C)cc3C)C2=O)c(Br)cc1OC. The van der Waals surface area contributed by atoms with Crippen LogP contribution in [-0.4, -0.2) is 30.6 Å². The van der Waals surface area contributed by atoms with Crippen molar-refractivity contribution in [1.29, 1.82) is 0 Å². The van der Waals surface area contributed by atoms with Gasteiger partial charge in [0, 0.05) is 4.47 Å². The Labute approximate surface area is 189 Å². The minimum Gasteiger partial charge on any atom is -0.493 e. The van der Waals surface area contributed by atoms with Crippen molar-refractivity contribution in [2.24, 2.45) is 0 Å². The molecular formula is C22H21BrN2O4S. The zero-order chi connectivity index (χ0) is 22.0. The molecule has 1 saturated heterocycles. The number of methoxy groups -OCH3 is 1. The van der Waals surface area contributed by atoms with E-state index in [-0.39, 0.29) is 10.7 Å². The van der Waals surface area contributed by atoms with E-state index in [0.717, 1.165) is 11.1 Å². The number of nitrogens with zero attached hydrogens (tertiary/aromatic N) is 1. The summed E-state index contributed by atoms with van der Waals surface area (Å²) in [5.74, 6) is 0.0203. The number of aryl methyl sites for hydroxylation is 2. The second-order valence-electron chi connectivity index (χ2n) is 6.71. The summed E-state index contributed by atoms with van der Waals surface area (Å²) >= 11 is 8.76. The number of benzene rings is 2. The van der Waals surface area contributed by atoms with Crippen molar-refractivity contribution in [1.82, 2.24) is 5.32 Å². The summed E-state index contributed by atoms with van der Waals surface area (Å²) in [5, 5.41) is 2.66. The molecule has 0 unspecified atom stereocenters. The number of rotatable bonds is 5. The molecule has 0 spiro atoms. The van der Waals surface area contributed by atoms with Crippen molar-refractivity contribution in [3.63, 3.8) is 0 Å². The number of amides is 2. The number of thiocarbonyl (C=S) groups is 1. The Hall–Kier alpha value is -2.71. The monoisotopic (exact) mass is 488 g/mol. The number of carbonyl (C=O) groups excluding carboxylic acids is 2. The third kappa shape index (κ3) is 4.24. The first-order valence-corrected chi connectivity index (χ1v) is 10.5. The number of carbonyl (C=O) groups is 2. The van der Waals surface area contributed by atoms with Gasteiger partial charge in [-0.1, -0.05) is 33.6 Å². The van der Waals surface area contributed by atoms with Gasteiger partial charge < -0.3 is 9.47 Å². The molecule has 0 radical (unpaired) electrons. The first-order valence-electron chi connectivity index (χ1n) is 9.25. The van der Waals surface area contributed by atoms with Crippen LogP contribution >= 0.6 is 28.1 Å². The molecule has 2 aromatic rings. The minimum absolute atomic E-state index is 0.0307. The van der Waals surface area contributed by atoms with Gasteiger partial charge in [-0.15, -0.1) is 0 Å². The van der Waals surface area contributed by atoms with Crippen molar-refractivity contribution in [3.05, 3.63) is 57.1 Å². The predicted molar refractivity (Wildman–Crippen MR) is 124 cm³/mol. The van der Waals surface area contributed by atoms with E-state index in [1.54, 1.807) is 19.2 Å². The molecule has 1 aliphatic rings. The normalized spacial score (nSPS) is 15.4. The number of nitrogens with one attached hydrogen (secondary N) is 1. The smallest absolute Gasteiger partial charge is 0.270 e. The Morgan fingerprint density at radius 2 is 1.90 bits per heavy atom. The van der Waals surface area contributed by atoms with Gasteiger partial charge in [-0.05, 0) is 68.4 Å². The highest BCUT2D eigenvalue weighted by atomic mass is 79.9. The molecule has 1 aliphatic heterocycles. The lowest BCUT2D eigenvalue weighted by atomic mass is 10.0.